The minimum absolute atomic E-state index is 0.0478. The van der Waals surface area contributed by atoms with E-state index in [0.717, 1.165) is 6.54 Å². The lowest BCUT2D eigenvalue weighted by Crippen LogP contribution is -2.39. The first kappa shape index (κ1) is 13.3. The van der Waals surface area contributed by atoms with Gasteiger partial charge in [-0.25, -0.2) is 5.84 Å². The monoisotopic (exact) mass is 238 g/mol. The fourth-order valence-electron chi connectivity index (χ4n) is 1.42. The maximum Gasteiger partial charge on any atom is 0.272 e. The Morgan fingerprint density at radius 2 is 2.18 bits per heavy atom. The fourth-order valence-corrected chi connectivity index (χ4v) is 1.42. The van der Waals surface area contributed by atoms with Crippen LogP contribution in [-0.2, 0) is 0 Å². The molecule has 0 saturated heterocycles. The van der Waals surface area contributed by atoms with E-state index in [2.05, 4.69) is 20.9 Å². The number of nitrogens with one attached hydrogen (secondary N) is 2. The van der Waals surface area contributed by atoms with Gasteiger partial charge in [0.2, 0.25) is 0 Å². The summed E-state index contributed by atoms with van der Waals surface area (Å²) in [6.07, 6.45) is 0. The summed E-state index contributed by atoms with van der Waals surface area (Å²) in [6, 6.07) is 3.21. The zero-order chi connectivity index (χ0) is 12.8. The minimum Gasteiger partial charge on any atom is -0.347 e. The molecule has 0 bridgehead atoms. The summed E-state index contributed by atoms with van der Waals surface area (Å²) in [7, 11) is 3.90. The first-order chi connectivity index (χ1) is 8.02. The van der Waals surface area contributed by atoms with Crippen molar-refractivity contribution >= 4 is 11.7 Å². The predicted molar refractivity (Wildman–Crippen MR) is 65.3 cm³/mol. The topological polar surface area (TPSA) is 96.2 Å². The quantitative estimate of drug-likeness (QED) is 0.470. The zero-order valence-corrected chi connectivity index (χ0v) is 10.3. The number of anilines is 1. The van der Waals surface area contributed by atoms with Crippen molar-refractivity contribution in [2.75, 3.05) is 26.1 Å². The Labute approximate surface area is 100 Å². The number of nitrogen functional groups attached to an aromatic ring is 1. The second-order valence-electron chi connectivity index (χ2n) is 4.08. The summed E-state index contributed by atoms with van der Waals surface area (Å²) in [5.74, 6) is 5.33. The minimum atomic E-state index is -0.240. The van der Waals surface area contributed by atoms with Gasteiger partial charge in [0.1, 0.15) is 0 Å². The van der Waals surface area contributed by atoms with Crippen LogP contribution < -0.4 is 16.6 Å². The molecule has 0 aromatic carbocycles. The van der Waals surface area contributed by atoms with Gasteiger partial charge in [0.05, 0.1) is 0 Å². The van der Waals surface area contributed by atoms with Crippen molar-refractivity contribution in [2.45, 2.75) is 13.0 Å². The highest BCUT2D eigenvalue weighted by molar-refractivity contribution is 5.92. The molecule has 1 rings (SSSR count). The van der Waals surface area contributed by atoms with Crippen LogP contribution in [0.1, 0.15) is 17.4 Å². The Hall–Kier alpha value is -1.73. The first-order valence-electron chi connectivity index (χ1n) is 5.29. The van der Waals surface area contributed by atoms with Gasteiger partial charge < -0.3 is 15.6 Å². The summed E-state index contributed by atoms with van der Waals surface area (Å²) >= 11 is 0. The molecular weight excluding hydrogens is 220 g/mol. The van der Waals surface area contributed by atoms with Crippen molar-refractivity contribution in [3.05, 3.63) is 17.8 Å². The highest BCUT2D eigenvalue weighted by atomic mass is 16.2. The molecule has 7 nitrogen and oxygen atoms in total. The molecule has 1 heterocycles. The van der Waals surface area contributed by atoms with Crippen LogP contribution in [0.2, 0.25) is 0 Å². The molecule has 0 aliphatic carbocycles. The van der Waals surface area contributed by atoms with Crippen molar-refractivity contribution in [1.82, 2.24) is 20.4 Å². The van der Waals surface area contributed by atoms with Gasteiger partial charge in [0.15, 0.2) is 11.5 Å². The Morgan fingerprint density at radius 1 is 1.47 bits per heavy atom. The van der Waals surface area contributed by atoms with Crippen molar-refractivity contribution < 1.29 is 4.79 Å². The van der Waals surface area contributed by atoms with Crippen LogP contribution in [0.3, 0.4) is 0 Å². The lowest BCUT2D eigenvalue weighted by atomic mass is 10.3. The molecule has 1 aromatic rings. The Kier molecular flexibility index (Phi) is 4.80. The van der Waals surface area contributed by atoms with Gasteiger partial charge >= 0.3 is 0 Å². The predicted octanol–water partition coefficient (Wildman–Crippen LogP) is -0.558. The molecule has 0 aliphatic rings. The number of hydrazine groups is 1. The number of amides is 1. The number of nitrogens with zero attached hydrogens (tertiary/aromatic N) is 3. The molecule has 1 atom stereocenters. The van der Waals surface area contributed by atoms with Crippen LogP contribution in [-0.4, -0.2) is 47.7 Å². The zero-order valence-electron chi connectivity index (χ0n) is 10.3. The number of hydrogen-bond acceptors (Lipinski definition) is 6. The van der Waals surface area contributed by atoms with Gasteiger partial charge in [-0.2, -0.15) is 0 Å². The average Bonchev–Trinajstić information content (AvgIpc) is 2.28. The Balaban J connectivity index is 2.57. The third kappa shape index (κ3) is 4.33. The van der Waals surface area contributed by atoms with Gasteiger partial charge in [0.25, 0.3) is 5.91 Å². The van der Waals surface area contributed by atoms with E-state index in [9.17, 15) is 4.79 Å². The SMILES string of the molecule is CC(CN(C)C)NC(=O)c1ccc(NN)nn1. The molecule has 1 aromatic heterocycles. The van der Waals surface area contributed by atoms with Crippen LogP contribution in [0.15, 0.2) is 12.1 Å². The summed E-state index contributed by atoms with van der Waals surface area (Å²) < 4.78 is 0. The number of nitrogens with two attached hydrogens (primary N) is 1. The third-order valence-corrected chi connectivity index (χ3v) is 2.06. The van der Waals surface area contributed by atoms with Crippen LogP contribution in [0.5, 0.6) is 0 Å². The van der Waals surface area contributed by atoms with E-state index in [0.29, 0.717) is 5.82 Å². The van der Waals surface area contributed by atoms with E-state index in [1.54, 1.807) is 12.1 Å². The second-order valence-corrected chi connectivity index (χ2v) is 4.08. The summed E-state index contributed by atoms with van der Waals surface area (Å²) in [5.41, 5.74) is 2.62. The van der Waals surface area contributed by atoms with Gasteiger partial charge in [0, 0.05) is 12.6 Å². The first-order valence-corrected chi connectivity index (χ1v) is 5.29. The molecule has 0 radical (unpaired) electrons. The molecule has 1 unspecified atom stereocenters. The van der Waals surface area contributed by atoms with Gasteiger partial charge in [-0.05, 0) is 33.2 Å². The average molecular weight is 238 g/mol. The van der Waals surface area contributed by atoms with Crippen LogP contribution in [0, 0.1) is 0 Å². The van der Waals surface area contributed by atoms with Crippen LogP contribution >= 0.6 is 0 Å². The summed E-state index contributed by atoms with van der Waals surface area (Å²) in [6.45, 7) is 2.70. The number of likely N-dealkylation sites (N-methyl/N-ethyl adjacent to an activating group) is 1. The van der Waals surface area contributed by atoms with E-state index in [-0.39, 0.29) is 17.6 Å². The van der Waals surface area contributed by atoms with E-state index in [4.69, 9.17) is 5.84 Å². The molecule has 7 heteroatoms. The maximum absolute atomic E-state index is 11.8. The number of aromatic nitrogens is 2. The third-order valence-electron chi connectivity index (χ3n) is 2.06. The highest BCUT2D eigenvalue weighted by Gasteiger charge is 2.11. The van der Waals surface area contributed by atoms with Crippen molar-refractivity contribution in [3.8, 4) is 0 Å². The maximum atomic E-state index is 11.8. The van der Waals surface area contributed by atoms with Crippen LogP contribution in [0.25, 0.3) is 0 Å². The van der Waals surface area contributed by atoms with Gasteiger partial charge in [-0.15, -0.1) is 10.2 Å². The molecule has 0 fully saturated rings. The lowest BCUT2D eigenvalue weighted by Gasteiger charge is -2.17. The van der Waals surface area contributed by atoms with E-state index in [1.807, 2.05) is 25.9 Å². The number of carbonyl (C=O) groups excluding carboxylic acids is 1. The molecule has 0 aliphatic heterocycles. The Morgan fingerprint density at radius 3 is 2.65 bits per heavy atom. The standard InChI is InChI=1S/C10H18N6O/c1-7(6-16(2)3)12-10(17)8-4-5-9(13-11)15-14-8/h4-5,7H,6,11H2,1-3H3,(H,12,17)(H,13,15). The largest absolute Gasteiger partial charge is 0.347 e. The van der Waals surface area contributed by atoms with Gasteiger partial charge in [-0.3, -0.25) is 4.79 Å². The van der Waals surface area contributed by atoms with E-state index in [1.165, 1.54) is 0 Å². The number of carbonyl (C=O) groups is 1. The highest BCUT2D eigenvalue weighted by Crippen LogP contribution is 2.00. The normalized spacial score (nSPS) is 12.3. The van der Waals surface area contributed by atoms with Crippen molar-refractivity contribution in [1.29, 1.82) is 0 Å². The molecular formula is C10H18N6O. The molecule has 4 N–H and O–H groups in total. The van der Waals surface area contributed by atoms with E-state index < -0.39 is 0 Å². The van der Waals surface area contributed by atoms with Gasteiger partial charge in [-0.1, -0.05) is 0 Å². The smallest absolute Gasteiger partial charge is 0.272 e. The number of hydrogen-bond donors (Lipinski definition) is 3. The fraction of sp³-hybridized carbons (Fsp3) is 0.500. The second kappa shape index (κ2) is 6.12. The molecule has 0 spiro atoms. The van der Waals surface area contributed by atoms with Crippen molar-refractivity contribution in [3.63, 3.8) is 0 Å². The summed E-state index contributed by atoms with van der Waals surface area (Å²) in [5, 5.41) is 10.3. The Bertz CT molecular complexity index is 364. The molecule has 17 heavy (non-hydrogen) atoms. The van der Waals surface area contributed by atoms with Crippen molar-refractivity contribution in [2.24, 2.45) is 5.84 Å². The lowest BCUT2D eigenvalue weighted by molar-refractivity contribution is 0.0928. The van der Waals surface area contributed by atoms with E-state index >= 15 is 0 Å². The molecule has 94 valence electrons. The molecule has 0 saturated carbocycles. The molecule has 1 amide bonds. The van der Waals surface area contributed by atoms with Crippen LogP contribution in [0.4, 0.5) is 5.82 Å². The number of rotatable bonds is 5. The summed E-state index contributed by atoms with van der Waals surface area (Å²) in [4.78, 5) is 13.8.